The molecule has 82 valence electrons. The maximum atomic E-state index is 9.19. The molecule has 0 aliphatic rings. The van der Waals surface area contributed by atoms with E-state index in [2.05, 4.69) is 0 Å². The Morgan fingerprint density at radius 1 is 0.833 bits per heavy atom. The summed E-state index contributed by atoms with van der Waals surface area (Å²) in [5.41, 5.74) is 0. The summed E-state index contributed by atoms with van der Waals surface area (Å²) in [4.78, 5) is 0. The van der Waals surface area contributed by atoms with Gasteiger partial charge in [-0.2, -0.15) is 8.42 Å². The summed E-state index contributed by atoms with van der Waals surface area (Å²) in [5.74, 6) is 0. The molecule has 0 bridgehead atoms. The Kier molecular flexibility index (Phi) is 189. The van der Waals surface area contributed by atoms with Gasteiger partial charge < -0.3 is 27.4 Å². The molecule has 0 saturated carbocycles. The Hall–Kier alpha value is 0.879. The van der Waals surface area contributed by atoms with E-state index in [-0.39, 0.29) is 64.5 Å². The van der Waals surface area contributed by atoms with Crippen molar-refractivity contribution in [3.8, 4) is 0 Å². The van der Waals surface area contributed by atoms with Crippen LogP contribution in [0.3, 0.4) is 0 Å². The quantitative estimate of drug-likeness (QED) is 0.549. The average Bonchev–Trinajstić information content (AvgIpc) is 0.722. The van der Waals surface area contributed by atoms with E-state index in [1.54, 1.807) is 0 Å². The molecule has 0 saturated heterocycles. The van der Waals surface area contributed by atoms with Crippen LogP contribution < -0.4 is 0 Å². The van der Waals surface area contributed by atoms with Crippen molar-refractivity contribution in [2.45, 2.75) is 0 Å². The van der Waals surface area contributed by atoms with Gasteiger partial charge in [0.2, 0.25) is 0 Å². The molecular formula is CH4O8SV2-10. The van der Waals surface area contributed by atoms with Gasteiger partial charge in [0.25, 0.3) is 10.1 Å². The molecule has 0 rings (SSSR count). The third-order valence-corrected chi connectivity index (χ3v) is 0. The van der Waals surface area contributed by atoms with Gasteiger partial charge in [-0.05, 0) is 0 Å². The Morgan fingerprint density at radius 2 is 0.833 bits per heavy atom. The van der Waals surface area contributed by atoms with Gasteiger partial charge in [0.05, 0.1) is 6.26 Å². The molecule has 1 N–H and O–H groups in total. The molecule has 0 unspecified atom stereocenters. The second kappa shape index (κ2) is 29.7. The van der Waals surface area contributed by atoms with Gasteiger partial charge in [-0.3, -0.25) is 4.55 Å². The normalized spacial score (nSPS) is 4.83. The van der Waals surface area contributed by atoms with Crippen LogP contribution in [-0.2, 0) is 74.6 Å². The second-order valence-electron chi connectivity index (χ2n) is 0.733. The van der Waals surface area contributed by atoms with E-state index in [0.29, 0.717) is 6.26 Å². The minimum Gasteiger partial charge on any atom is -2.00 e. The van der Waals surface area contributed by atoms with Gasteiger partial charge in [-0.25, -0.2) is 0 Å². The van der Waals surface area contributed by atoms with E-state index < -0.39 is 10.1 Å². The summed E-state index contributed by atoms with van der Waals surface area (Å²) in [6, 6.07) is 0. The molecule has 12 heavy (non-hydrogen) atoms. The molecule has 0 aliphatic carbocycles. The van der Waals surface area contributed by atoms with E-state index >= 15 is 0 Å². The standard InChI is InChI=1S/CH4O3S.5O.2V/c1-5(2,3)4;;;;;;;/h1H3,(H,2,3,4);;;;;;;/q;5*-2;;. The van der Waals surface area contributed by atoms with Crippen molar-refractivity contribution in [3.05, 3.63) is 0 Å². The molecular weight excluding hydrogens is 274 g/mol. The third kappa shape index (κ3) is 1370. The minimum atomic E-state index is -3.67. The topological polar surface area (TPSA) is 197 Å². The Morgan fingerprint density at radius 3 is 0.833 bits per heavy atom. The van der Waals surface area contributed by atoms with Crippen molar-refractivity contribution in [1.29, 1.82) is 0 Å². The molecule has 0 aliphatic heterocycles. The maximum Gasteiger partial charge on any atom is 0.261 e. The van der Waals surface area contributed by atoms with Gasteiger partial charge in [0, 0.05) is 37.1 Å². The molecule has 0 aromatic heterocycles. The number of hydrogen-bond acceptors (Lipinski definition) is 2. The zero-order valence-corrected chi connectivity index (χ0v) is 9.22. The van der Waals surface area contributed by atoms with Crippen molar-refractivity contribution in [1.82, 2.24) is 0 Å². The molecule has 0 aromatic rings. The second-order valence-corrected chi connectivity index (χ2v) is 2.20. The van der Waals surface area contributed by atoms with Crippen LogP contribution in [0, 0.1) is 0 Å². The smallest absolute Gasteiger partial charge is 0.261 e. The molecule has 0 aromatic carbocycles. The van der Waals surface area contributed by atoms with Gasteiger partial charge in [-0.15, -0.1) is 0 Å². The molecule has 8 nitrogen and oxygen atoms in total. The fourth-order valence-electron chi connectivity index (χ4n) is 0. The van der Waals surface area contributed by atoms with Crippen molar-refractivity contribution in [2.75, 3.05) is 6.26 Å². The van der Waals surface area contributed by atoms with Crippen LogP contribution >= 0.6 is 0 Å². The summed E-state index contributed by atoms with van der Waals surface area (Å²) < 4.78 is 25.9. The first kappa shape index (κ1) is 76.3. The molecule has 11 heteroatoms. The first-order valence-corrected chi connectivity index (χ1v) is 2.77. The van der Waals surface area contributed by atoms with Crippen molar-refractivity contribution in [3.63, 3.8) is 0 Å². The van der Waals surface area contributed by atoms with Crippen LogP contribution in [0.25, 0.3) is 0 Å². The monoisotopic (exact) mass is 278 g/mol. The zero-order valence-electron chi connectivity index (χ0n) is 5.61. The summed E-state index contributed by atoms with van der Waals surface area (Å²) in [5, 5.41) is 0. The zero-order chi connectivity index (χ0) is 4.50. The molecule has 0 atom stereocenters. The fourth-order valence-corrected chi connectivity index (χ4v) is 0. The summed E-state index contributed by atoms with van der Waals surface area (Å²) in [6.45, 7) is 0. The van der Waals surface area contributed by atoms with Crippen LogP contribution in [0.5, 0.6) is 0 Å². The van der Waals surface area contributed by atoms with Crippen molar-refractivity contribution >= 4 is 10.1 Å². The number of rotatable bonds is 0. The Balaban J connectivity index is -0.00000000381. The van der Waals surface area contributed by atoms with Gasteiger partial charge in [-0.1, -0.05) is 0 Å². The molecule has 0 fully saturated rings. The predicted octanol–water partition coefficient (Wildman–Crippen LogP) is -1.09. The number of hydrogen-bond donors (Lipinski definition) is 1. The van der Waals surface area contributed by atoms with Crippen LogP contribution in [0.2, 0.25) is 0 Å². The molecule has 2 radical (unpaired) electrons. The van der Waals surface area contributed by atoms with Gasteiger partial charge >= 0.3 is 0 Å². The summed E-state index contributed by atoms with van der Waals surface area (Å²) in [7, 11) is -3.67. The van der Waals surface area contributed by atoms with E-state index in [1.807, 2.05) is 0 Å². The first-order chi connectivity index (χ1) is 2.00. The Bertz CT molecular complexity index is 100. The average molecular weight is 278 g/mol. The van der Waals surface area contributed by atoms with Crippen LogP contribution in [-0.4, -0.2) is 19.2 Å². The predicted molar refractivity (Wildman–Crippen MR) is 20.9 cm³/mol. The fraction of sp³-hybridized carbons (Fsp3) is 1.00. The van der Waals surface area contributed by atoms with E-state index in [0.717, 1.165) is 0 Å². The van der Waals surface area contributed by atoms with Gasteiger partial charge in [0.1, 0.15) is 0 Å². The molecule has 0 amide bonds. The SMILES string of the molecule is CS(=O)(=O)O.[O-2].[O-2].[O-2].[O-2].[O-2].[V].[V]. The molecule has 0 spiro atoms. The van der Waals surface area contributed by atoms with E-state index in [4.69, 9.17) is 4.55 Å². The van der Waals surface area contributed by atoms with Crippen LogP contribution in [0.15, 0.2) is 0 Å². The third-order valence-electron chi connectivity index (χ3n) is 0. The van der Waals surface area contributed by atoms with E-state index in [1.165, 1.54) is 0 Å². The Labute approximate surface area is 93.8 Å². The van der Waals surface area contributed by atoms with Crippen LogP contribution in [0.1, 0.15) is 0 Å². The first-order valence-electron chi connectivity index (χ1n) is 0.924. The summed E-state index contributed by atoms with van der Waals surface area (Å²) in [6.07, 6.45) is 0.715. The van der Waals surface area contributed by atoms with Crippen LogP contribution in [0.4, 0.5) is 0 Å². The molecule has 0 heterocycles. The van der Waals surface area contributed by atoms with Crippen molar-refractivity contribution < 1.29 is 77.5 Å². The summed E-state index contributed by atoms with van der Waals surface area (Å²) >= 11 is 0. The largest absolute Gasteiger partial charge is 2.00 e. The minimum absolute atomic E-state index is 0. The maximum absolute atomic E-state index is 9.19. The van der Waals surface area contributed by atoms with Gasteiger partial charge in [0.15, 0.2) is 0 Å². The van der Waals surface area contributed by atoms with E-state index in [9.17, 15) is 8.42 Å². The van der Waals surface area contributed by atoms with Crippen molar-refractivity contribution in [2.24, 2.45) is 0 Å².